The highest BCUT2D eigenvalue weighted by molar-refractivity contribution is 6.06. The molecule has 0 radical (unpaired) electrons. The van der Waals surface area contributed by atoms with E-state index in [1.54, 1.807) is 18.2 Å². The number of amides is 3. The monoisotopic (exact) mass is 504 g/mol. The Hall–Kier alpha value is -4.72. The van der Waals surface area contributed by atoms with E-state index in [0.29, 0.717) is 28.1 Å². The van der Waals surface area contributed by atoms with Gasteiger partial charge in [0, 0.05) is 43.7 Å². The molecule has 2 aliphatic heterocycles. The fraction of sp³-hybridized carbons (Fsp3) is 0.192. The van der Waals surface area contributed by atoms with Gasteiger partial charge in [-0.05, 0) is 35.9 Å². The summed E-state index contributed by atoms with van der Waals surface area (Å²) in [5, 5.41) is 12.2. The van der Waals surface area contributed by atoms with Crippen LogP contribution in [-0.4, -0.2) is 40.4 Å². The van der Waals surface area contributed by atoms with E-state index in [-0.39, 0.29) is 24.2 Å². The third-order valence-electron chi connectivity index (χ3n) is 6.37. The molecular weight excluding hydrogens is 485 g/mol. The first-order chi connectivity index (χ1) is 17.7. The summed E-state index contributed by atoms with van der Waals surface area (Å²) in [6.45, 7) is 0.223. The van der Waals surface area contributed by atoms with Crippen LogP contribution in [0.3, 0.4) is 0 Å². The normalized spacial score (nSPS) is 17.9. The summed E-state index contributed by atoms with van der Waals surface area (Å²) >= 11 is 0. The van der Waals surface area contributed by atoms with Gasteiger partial charge in [-0.3, -0.25) is 19.7 Å². The molecule has 8 nitrogen and oxygen atoms in total. The molecule has 0 fully saturated rings. The van der Waals surface area contributed by atoms with Crippen LogP contribution >= 0.6 is 0 Å². The fourth-order valence-electron chi connectivity index (χ4n) is 4.72. The van der Waals surface area contributed by atoms with E-state index in [9.17, 15) is 28.0 Å². The van der Waals surface area contributed by atoms with Gasteiger partial charge in [-0.15, -0.1) is 0 Å². The summed E-state index contributed by atoms with van der Waals surface area (Å²) in [7, 11) is 1.48. The standard InChI is InChI=1S/C26H19F3N6O2/c1-34-23(18-6-5-15(13-30)11-19(18)20-14-31-9-10-32-20)22-21(7-8-33-24(22)36)35(25(34)37)17-4-2-3-16(12-17)26(27,28)29/h2-6,9-12,14,23H,7-8H2,1H3,(H,33,36). The van der Waals surface area contributed by atoms with Gasteiger partial charge < -0.3 is 10.2 Å². The molecule has 1 aromatic heterocycles. The predicted octanol–water partition coefficient (Wildman–Crippen LogP) is 4.42. The van der Waals surface area contributed by atoms with E-state index in [1.807, 2.05) is 0 Å². The second kappa shape index (κ2) is 9.05. The number of nitriles is 1. The molecule has 5 rings (SSSR count). The summed E-state index contributed by atoms with van der Waals surface area (Å²) in [5.74, 6) is -0.433. The van der Waals surface area contributed by atoms with Gasteiger partial charge in [0.1, 0.15) is 0 Å². The number of benzene rings is 2. The summed E-state index contributed by atoms with van der Waals surface area (Å²) in [5.41, 5.74) is 1.50. The Kier molecular flexibility index (Phi) is 5.87. The molecular formula is C26H19F3N6O2. The minimum atomic E-state index is -4.60. The third-order valence-corrected chi connectivity index (χ3v) is 6.37. The lowest BCUT2D eigenvalue weighted by Gasteiger charge is -2.44. The molecule has 3 heterocycles. The summed E-state index contributed by atoms with van der Waals surface area (Å²) in [4.78, 5) is 37.9. The molecule has 0 saturated carbocycles. The molecule has 3 aromatic rings. The second-order valence-corrected chi connectivity index (χ2v) is 8.55. The van der Waals surface area contributed by atoms with Crippen LogP contribution in [0.1, 0.15) is 29.2 Å². The van der Waals surface area contributed by atoms with Gasteiger partial charge in [0.25, 0.3) is 5.91 Å². The maximum atomic E-state index is 13.7. The van der Waals surface area contributed by atoms with Crippen molar-refractivity contribution in [2.75, 3.05) is 18.5 Å². The predicted molar refractivity (Wildman–Crippen MR) is 127 cm³/mol. The average Bonchev–Trinajstić information content (AvgIpc) is 2.90. The van der Waals surface area contributed by atoms with E-state index in [0.717, 1.165) is 12.1 Å². The third kappa shape index (κ3) is 4.16. The fourth-order valence-corrected chi connectivity index (χ4v) is 4.72. The number of urea groups is 1. The highest BCUT2D eigenvalue weighted by atomic mass is 19.4. The number of alkyl halides is 3. The molecule has 11 heteroatoms. The minimum absolute atomic E-state index is 0.0151. The van der Waals surface area contributed by atoms with Gasteiger partial charge >= 0.3 is 12.2 Å². The van der Waals surface area contributed by atoms with E-state index in [4.69, 9.17) is 0 Å². The van der Waals surface area contributed by atoms with Crippen molar-refractivity contribution in [3.8, 4) is 17.3 Å². The number of carbonyl (C=O) groups is 2. The van der Waals surface area contributed by atoms with Gasteiger partial charge in [0.15, 0.2) is 0 Å². The number of rotatable bonds is 3. The summed E-state index contributed by atoms with van der Waals surface area (Å²) in [6.07, 6.45) is 0.134. The number of carbonyl (C=O) groups excluding carboxylic acids is 2. The molecule has 1 atom stereocenters. The first-order valence-corrected chi connectivity index (χ1v) is 11.3. The van der Waals surface area contributed by atoms with Gasteiger partial charge in [-0.1, -0.05) is 12.1 Å². The van der Waals surface area contributed by atoms with Crippen molar-refractivity contribution in [2.45, 2.75) is 18.6 Å². The smallest absolute Gasteiger partial charge is 0.352 e. The first-order valence-electron chi connectivity index (χ1n) is 11.3. The molecule has 0 saturated heterocycles. The molecule has 2 aliphatic rings. The largest absolute Gasteiger partial charge is 0.416 e. The van der Waals surface area contributed by atoms with E-state index < -0.39 is 29.7 Å². The highest BCUT2D eigenvalue weighted by Gasteiger charge is 2.44. The molecule has 186 valence electrons. The average molecular weight is 504 g/mol. The summed E-state index contributed by atoms with van der Waals surface area (Å²) in [6, 6.07) is 9.91. The number of aromatic nitrogens is 2. The number of nitrogens with zero attached hydrogens (tertiary/aromatic N) is 5. The molecule has 3 amide bonds. The van der Waals surface area contributed by atoms with Crippen LogP contribution in [-0.2, 0) is 11.0 Å². The lowest BCUT2D eigenvalue weighted by atomic mass is 9.86. The SMILES string of the molecule is CN1C(=O)N(c2cccc(C(F)(F)F)c2)C2=C(C(=O)NCC2)C1c1ccc(C#N)cc1-c1cnccn1. The van der Waals surface area contributed by atoms with Gasteiger partial charge in [0.05, 0.1) is 46.4 Å². The van der Waals surface area contributed by atoms with Crippen molar-refractivity contribution >= 4 is 17.6 Å². The van der Waals surface area contributed by atoms with Crippen LogP contribution < -0.4 is 10.2 Å². The maximum Gasteiger partial charge on any atom is 0.416 e. The quantitative estimate of drug-likeness (QED) is 0.569. The zero-order valence-electron chi connectivity index (χ0n) is 19.5. The van der Waals surface area contributed by atoms with Crippen LogP contribution in [0.4, 0.5) is 23.7 Å². The van der Waals surface area contributed by atoms with E-state index in [2.05, 4.69) is 21.4 Å². The van der Waals surface area contributed by atoms with Crippen molar-refractivity contribution < 1.29 is 22.8 Å². The van der Waals surface area contributed by atoms with Gasteiger partial charge in [0.2, 0.25) is 0 Å². The lowest BCUT2D eigenvalue weighted by molar-refractivity contribution is -0.137. The van der Waals surface area contributed by atoms with E-state index in [1.165, 1.54) is 47.6 Å². The Morgan fingerprint density at radius 2 is 1.95 bits per heavy atom. The molecule has 2 aromatic carbocycles. The van der Waals surface area contributed by atoms with Gasteiger partial charge in [-0.25, -0.2) is 4.79 Å². The minimum Gasteiger partial charge on any atom is -0.352 e. The van der Waals surface area contributed by atoms with Crippen molar-refractivity contribution in [2.24, 2.45) is 0 Å². The lowest BCUT2D eigenvalue weighted by Crippen LogP contribution is -2.53. The number of halogens is 3. The van der Waals surface area contributed by atoms with Crippen molar-refractivity contribution in [1.82, 2.24) is 20.2 Å². The topological polar surface area (TPSA) is 102 Å². The highest BCUT2D eigenvalue weighted by Crippen LogP contribution is 2.44. The number of nitrogens with one attached hydrogen (secondary N) is 1. The van der Waals surface area contributed by atoms with Gasteiger partial charge in [-0.2, -0.15) is 18.4 Å². The van der Waals surface area contributed by atoms with Crippen LogP contribution in [0.25, 0.3) is 11.3 Å². The Balaban J connectivity index is 1.73. The number of anilines is 1. The van der Waals surface area contributed by atoms with Crippen LogP contribution in [0.2, 0.25) is 0 Å². The Labute approximate surface area is 209 Å². The van der Waals surface area contributed by atoms with Crippen LogP contribution in [0, 0.1) is 11.3 Å². The Bertz CT molecular complexity index is 1480. The number of hydrogen-bond acceptors (Lipinski definition) is 5. The molecule has 0 spiro atoms. The number of hydrogen-bond donors (Lipinski definition) is 1. The Morgan fingerprint density at radius 1 is 1.14 bits per heavy atom. The molecule has 0 aliphatic carbocycles. The van der Waals surface area contributed by atoms with Crippen molar-refractivity contribution in [3.05, 3.63) is 89.0 Å². The zero-order chi connectivity index (χ0) is 26.3. The molecule has 1 N–H and O–H groups in total. The van der Waals surface area contributed by atoms with Crippen molar-refractivity contribution in [1.29, 1.82) is 5.26 Å². The van der Waals surface area contributed by atoms with Crippen LogP contribution in [0.15, 0.2) is 72.3 Å². The summed E-state index contributed by atoms with van der Waals surface area (Å²) < 4.78 is 40.3. The maximum absolute atomic E-state index is 13.7. The second-order valence-electron chi connectivity index (χ2n) is 8.55. The Morgan fingerprint density at radius 3 is 2.65 bits per heavy atom. The van der Waals surface area contributed by atoms with Crippen molar-refractivity contribution in [3.63, 3.8) is 0 Å². The van der Waals surface area contributed by atoms with Crippen LogP contribution in [0.5, 0.6) is 0 Å². The zero-order valence-corrected chi connectivity index (χ0v) is 19.5. The van der Waals surface area contributed by atoms with E-state index >= 15 is 0 Å². The molecule has 37 heavy (non-hydrogen) atoms. The number of likely N-dealkylation sites (N-methyl/N-ethyl adjacent to an activating group) is 1. The molecule has 1 unspecified atom stereocenters. The first kappa shape index (κ1) is 24.0. The molecule has 0 bridgehead atoms.